The molecule has 1 heterocycles. The lowest BCUT2D eigenvalue weighted by Gasteiger charge is -2.02. The van der Waals surface area contributed by atoms with Gasteiger partial charge in [-0.3, -0.25) is 8.98 Å². The quantitative estimate of drug-likeness (QED) is 0.474. The molecule has 30 heavy (non-hydrogen) atoms. The first-order valence-corrected chi connectivity index (χ1v) is 12.8. The number of anilines is 1. The van der Waals surface area contributed by atoms with Crippen LogP contribution >= 0.6 is 11.3 Å². The molecule has 0 aliphatic heterocycles. The molecule has 0 saturated heterocycles. The number of rotatable bonds is 9. The second-order valence-corrected chi connectivity index (χ2v) is 7.16. The lowest BCUT2D eigenvalue weighted by atomic mass is 10.2. The van der Waals surface area contributed by atoms with Crippen LogP contribution < -0.4 is 10.5 Å². The fraction of sp³-hybridized carbons (Fsp3) is 0.524. The molecule has 1 aromatic heterocycles. The number of amides is 1. The van der Waals surface area contributed by atoms with E-state index in [2.05, 4.69) is 14.5 Å². The van der Waals surface area contributed by atoms with E-state index in [1.165, 1.54) is 11.3 Å². The third kappa shape index (κ3) is 15.1. The predicted octanol–water partition coefficient (Wildman–Crippen LogP) is 5.61. The highest BCUT2D eigenvalue weighted by atomic mass is 32.2. The standard InChI is InChI=1S/C15H19N3O4S2.3C2H6/c16-24(20,21)22-10-6-2-5-9-14(19)18-15-17-13(11-23-15)12-7-3-1-4-8-12;3*1-2/h1,3-4,7-8,11H,2,5-6,9-10H2,(H2,16,20,21)(H,17,18,19);3*1-2H3. The Balaban J connectivity index is 0. The van der Waals surface area contributed by atoms with Crippen LogP contribution in [-0.2, 0) is 19.3 Å². The Morgan fingerprint density at radius 2 is 1.63 bits per heavy atom. The summed E-state index contributed by atoms with van der Waals surface area (Å²) in [4.78, 5) is 16.2. The molecule has 172 valence electrons. The number of nitrogens with one attached hydrogen (secondary N) is 1. The van der Waals surface area contributed by atoms with Crippen LogP contribution in [0.3, 0.4) is 0 Å². The minimum atomic E-state index is -3.88. The molecule has 0 atom stereocenters. The van der Waals surface area contributed by atoms with E-state index >= 15 is 0 Å². The van der Waals surface area contributed by atoms with Crippen LogP contribution in [-0.4, -0.2) is 25.9 Å². The van der Waals surface area contributed by atoms with E-state index in [0.717, 1.165) is 11.3 Å². The van der Waals surface area contributed by atoms with Crippen LogP contribution in [0, 0.1) is 0 Å². The predicted molar refractivity (Wildman–Crippen MR) is 128 cm³/mol. The van der Waals surface area contributed by atoms with Crippen molar-refractivity contribution in [2.45, 2.75) is 67.2 Å². The summed E-state index contributed by atoms with van der Waals surface area (Å²) in [6, 6.07) is 9.74. The number of thiazole rings is 1. The number of carbonyl (C=O) groups is 1. The van der Waals surface area contributed by atoms with E-state index in [0.29, 0.717) is 30.8 Å². The van der Waals surface area contributed by atoms with Gasteiger partial charge in [-0.05, 0) is 12.8 Å². The molecular weight excluding hydrogens is 422 g/mol. The van der Waals surface area contributed by atoms with Gasteiger partial charge in [0.05, 0.1) is 12.3 Å². The first kappa shape index (κ1) is 30.4. The van der Waals surface area contributed by atoms with E-state index in [1.54, 1.807) is 0 Å². The summed E-state index contributed by atoms with van der Waals surface area (Å²) in [6.07, 6.45) is 2.18. The topological polar surface area (TPSA) is 111 Å². The fourth-order valence-corrected chi connectivity index (χ4v) is 3.08. The van der Waals surface area contributed by atoms with E-state index in [-0.39, 0.29) is 12.5 Å². The molecular formula is C21H37N3O4S2. The van der Waals surface area contributed by atoms with Gasteiger partial charge in [-0.15, -0.1) is 11.3 Å². The van der Waals surface area contributed by atoms with Gasteiger partial charge >= 0.3 is 10.3 Å². The molecule has 0 spiro atoms. The number of hydrogen-bond donors (Lipinski definition) is 2. The molecule has 1 aromatic carbocycles. The Hall–Kier alpha value is -1.81. The third-order valence-corrected chi connectivity index (χ3v) is 4.37. The van der Waals surface area contributed by atoms with Crippen LogP contribution in [0.2, 0.25) is 0 Å². The Morgan fingerprint density at radius 3 is 2.20 bits per heavy atom. The minimum absolute atomic E-state index is 0.0351. The number of aromatic nitrogens is 1. The summed E-state index contributed by atoms with van der Waals surface area (Å²) in [7, 11) is -3.88. The maximum absolute atomic E-state index is 11.9. The van der Waals surface area contributed by atoms with E-state index in [1.807, 2.05) is 77.3 Å². The van der Waals surface area contributed by atoms with Crippen molar-refractivity contribution in [2.24, 2.45) is 5.14 Å². The summed E-state index contributed by atoms with van der Waals surface area (Å²) in [5.41, 5.74) is 1.83. The molecule has 0 fully saturated rings. The van der Waals surface area contributed by atoms with Gasteiger partial charge in [-0.2, -0.15) is 8.42 Å². The molecule has 0 saturated carbocycles. The molecule has 0 bridgehead atoms. The zero-order valence-electron chi connectivity index (χ0n) is 19.0. The smallest absolute Gasteiger partial charge is 0.302 e. The number of nitrogens with two attached hydrogens (primary N) is 1. The number of nitrogens with zero attached hydrogens (tertiary/aromatic N) is 1. The van der Waals surface area contributed by atoms with Crippen molar-refractivity contribution >= 4 is 32.7 Å². The SMILES string of the molecule is CC.CC.CC.NS(=O)(=O)OCCCCCC(=O)Nc1nc(-c2ccccc2)cs1. The molecule has 0 aliphatic rings. The molecule has 2 rings (SSSR count). The zero-order valence-corrected chi connectivity index (χ0v) is 20.6. The highest BCUT2D eigenvalue weighted by Crippen LogP contribution is 2.24. The van der Waals surface area contributed by atoms with Crippen molar-refractivity contribution in [3.63, 3.8) is 0 Å². The van der Waals surface area contributed by atoms with Crippen molar-refractivity contribution < 1.29 is 17.4 Å². The second-order valence-electron chi connectivity index (χ2n) is 5.08. The lowest BCUT2D eigenvalue weighted by Crippen LogP contribution is -2.16. The molecule has 2 aromatic rings. The van der Waals surface area contributed by atoms with Gasteiger partial charge in [-0.25, -0.2) is 10.1 Å². The molecule has 0 unspecified atom stereocenters. The van der Waals surface area contributed by atoms with Crippen molar-refractivity contribution in [1.29, 1.82) is 0 Å². The van der Waals surface area contributed by atoms with Gasteiger partial charge in [0.15, 0.2) is 5.13 Å². The maximum atomic E-state index is 11.9. The summed E-state index contributed by atoms with van der Waals surface area (Å²) >= 11 is 1.38. The average molecular weight is 460 g/mol. The summed E-state index contributed by atoms with van der Waals surface area (Å²) in [5, 5.41) is 9.94. The second kappa shape index (κ2) is 19.2. The highest BCUT2D eigenvalue weighted by Gasteiger charge is 2.08. The van der Waals surface area contributed by atoms with Gasteiger partial charge in [0.2, 0.25) is 5.91 Å². The van der Waals surface area contributed by atoms with Crippen molar-refractivity contribution in [3.05, 3.63) is 35.7 Å². The number of hydrogen-bond acceptors (Lipinski definition) is 6. The van der Waals surface area contributed by atoms with Crippen molar-refractivity contribution in [3.8, 4) is 11.3 Å². The van der Waals surface area contributed by atoms with E-state index in [4.69, 9.17) is 5.14 Å². The van der Waals surface area contributed by atoms with Gasteiger partial charge in [0.25, 0.3) is 0 Å². The fourth-order valence-electron chi connectivity index (χ4n) is 1.99. The molecule has 0 radical (unpaired) electrons. The molecule has 7 nitrogen and oxygen atoms in total. The number of benzene rings is 1. The van der Waals surface area contributed by atoms with Crippen LogP contribution in [0.4, 0.5) is 5.13 Å². The number of carbonyl (C=O) groups excluding carboxylic acids is 1. The lowest BCUT2D eigenvalue weighted by molar-refractivity contribution is -0.116. The van der Waals surface area contributed by atoms with Gasteiger partial charge < -0.3 is 5.32 Å². The number of unbranched alkanes of at least 4 members (excludes halogenated alkanes) is 2. The molecule has 0 aliphatic carbocycles. The third-order valence-electron chi connectivity index (χ3n) is 3.12. The zero-order chi connectivity index (χ0) is 23.4. The Morgan fingerprint density at radius 1 is 1.03 bits per heavy atom. The summed E-state index contributed by atoms with van der Waals surface area (Å²) < 4.78 is 25.5. The summed E-state index contributed by atoms with van der Waals surface area (Å²) in [5.74, 6) is -0.115. The highest BCUT2D eigenvalue weighted by molar-refractivity contribution is 7.84. The summed E-state index contributed by atoms with van der Waals surface area (Å²) in [6.45, 7) is 12.0. The first-order valence-electron chi connectivity index (χ1n) is 10.4. The van der Waals surface area contributed by atoms with Gasteiger partial charge in [0.1, 0.15) is 0 Å². The van der Waals surface area contributed by atoms with Crippen LogP contribution in [0.5, 0.6) is 0 Å². The molecule has 9 heteroatoms. The van der Waals surface area contributed by atoms with E-state index in [9.17, 15) is 13.2 Å². The van der Waals surface area contributed by atoms with E-state index < -0.39 is 10.3 Å². The van der Waals surface area contributed by atoms with Crippen LogP contribution in [0.15, 0.2) is 35.7 Å². The Kier molecular flexibility index (Phi) is 19.4. The van der Waals surface area contributed by atoms with Gasteiger partial charge in [0, 0.05) is 17.4 Å². The Labute approximate surface area is 186 Å². The monoisotopic (exact) mass is 459 g/mol. The van der Waals surface area contributed by atoms with Crippen molar-refractivity contribution in [2.75, 3.05) is 11.9 Å². The first-order chi connectivity index (χ1) is 14.4. The largest absolute Gasteiger partial charge is 0.333 e. The average Bonchev–Trinajstić information content (AvgIpc) is 3.23. The van der Waals surface area contributed by atoms with Crippen molar-refractivity contribution in [1.82, 2.24) is 4.98 Å². The minimum Gasteiger partial charge on any atom is -0.302 e. The van der Waals surface area contributed by atoms with Crippen LogP contribution in [0.1, 0.15) is 67.2 Å². The maximum Gasteiger partial charge on any atom is 0.333 e. The normalized spacial score (nSPS) is 9.70. The Bertz CT molecular complexity index is 764. The van der Waals surface area contributed by atoms with Gasteiger partial charge in [-0.1, -0.05) is 78.3 Å². The van der Waals surface area contributed by atoms with Crippen LogP contribution in [0.25, 0.3) is 11.3 Å². The molecule has 3 N–H and O–H groups in total. The molecule has 1 amide bonds.